The zero-order valence-corrected chi connectivity index (χ0v) is 12.8. The molecule has 0 aromatic heterocycles. The standard InChI is InChI=1S/C15H22FN3S/c1-2-5-18-6-8-19(9-7-18)11-12-10-13(16)3-4-14(12)15(17)20/h3-4,10H,2,5-9,11H2,1H3,(H2,17,20). The van der Waals surface area contributed by atoms with E-state index >= 15 is 0 Å². The summed E-state index contributed by atoms with van der Waals surface area (Å²) in [5.74, 6) is -0.232. The van der Waals surface area contributed by atoms with Crippen LogP contribution in [-0.4, -0.2) is 47.5 Å². The van der Waals surface area contributed by atoms with Crippen molar-refractivity contribution in [1.82, 2.24) is 9.80 Å². The minimum absolute atomic E-state index is 0.232. The highest BCUT2D eigenvalue weighted by Crippen LogP contribution is 2.15. The van der Waals surface area contributed by atoms with Gasteiger partial charge in [-0.05, 0) is 36.7 Å². The van der Waals surface area contributed by atoms with Crippen molar-refractivity contribution in [3.8, 4) is 0 Å². The lowest BCUT2D eigenvalue weighted by molar-refractivity contribution is 0.127. The number of nitrogens with two attached hydrogens (primary N) is 1. The Morgan fingerprint density at radius 2 is 1.90 bits per heavy atom. The van der Waals surface area contributed by atoms with Crippen LogP contribution in [0.5, 0.6) is 0 Å². The van der Waals surface area contributed by atoms with E-state index in [1.807, 2.05) is 0 Å². The quantitative estimate of drug-likeness (QED) is 0.842. The molecule has 2 N–H and O–H groups in total. The minimum Gasteiger partial charge on any atom is -0.389 e. The van der Waals surface area contributed by atoms with Crippen LogP contribution >= 0.6 is 12.2 Å². The van der Waals surface area contributed by atoms with Gasteiger partial charge in [0.25, 0.3) is 0 Å². The molecule has 1 heterocycles. The number of hydrogen-bond donors (Lipinski definition) is 1. The predicted octanol–water partition coefficient (Wildman–Crippen LogP) is 1.99. The largest absolute Gasteiger partial charge is 0.389 e. The highest BCUT2D eigenvalue weighted by Gasteiger charge is 2.18. The van der Waals surface area contributed by atoms with E-state index in [1.165, 1.54) is 12.5 Å². The molecule has 1 aromatic carbocycles. The van der Waals surface area contributed by atoms with Crippen LogP contribution in [0.2, 0.25) is 0 Å². The van der Waals surface area contributed by atoms with Crippen molar-refractivity contribution >= 4 is 17.2 Å². The van der Waals surface area contributed by atoms with Crippen molar-refractivity contribution in [3.63, 3.8) is 0 Å². The van der Waals surface area contributed by atoms with Crippen molar-refractivity contribution in [1.29, 1.82) is 0 Å². The number of halogens is 1. The first-order chi connectivity index (χ1) is 9.60. The Morgan fingerprint density at radius 3 is 2.50 bits per heavy atom. The van der Waals surface area contributed by atoms with E-state index in [1.54, 1.807) is 12.1 Å². The molecule has 0 radical (unpaired) electrons. The third kappa shape index (κ3) is 3.98. The first-order valence-electron chi connectivity index (χ1n) is 7.13. The molecule has 2 rings (SSSR count). The van der Waals surface area contributed by atoms with E-state index in [2.05, 4.69) is 16.7 Å². The van der Waals surface area contributed by atoms with Gasteiger partial charge in [-0.25, -0.2) is 4.39 Å². The van der Waals surface area contributed by atoms with Crippen LogP contribution in [0.1, 0.15) is 24.5 Å². The van der Waals surface area contributed by atoms with Gasteiger partial charge in [0.2, 0.25) is 0 Å². The third-order valence-electron chi connectivity index (χ3n) is 3.73. The van der Waals surface area contributed by atoms with Crippen molar-refractivity contribution < 1.29 is 4.39 Å². The van der Waals surface area contributed by atoms with Crippen LogP contribution < -0.4 is 5.73 Å². The molecule has 1 saturated heterocycles. The van der Waals surface area contributed by atoms with Crippen molar-refractivity contribution in [3.05, 3.63) is 35.1 Å². The average Bonchev–Trinajstić information content (AvgIpc) is 2.41. The van der Waals surface area contributed by atoms with Gasteiger partial charge in [0.05, 0.1) is 0 Å². The first-order valence-corrected chi connectivity index (χ1v) is 7.54. The fourth-order valence-electron chi connectivity index (χ4n) is 2.66. The fraction of sp³-hybridized carbons (Fsp3) is 0.533. The Hall–Kier alpha value is -1.04. The van der Waals surface area contributed by atoms with Gasteiger partial charge in [-0.1, -0.05) is 19.1 Å². The Balaban J connectivity index is 2.00. The SMILES string of the molecule is CCCN1CCN(Cc2cc(F)ccc2C(N)=S)CC1. The maximum absolute atomic E-state index is 13.4. The molecule has 110 valence electrons. The molecule has 3 nitrogen and oxygen atoms in total. The molecule has 0 atom stereocenters. The molecule has 0 unspecified atom stereocenters. The molecule has 0 saturated carbocycles. The molecule has 1 fully saturated rings. The van der Waals surface area contributed by atoms with Crippen LogP contribution in [0, 0.1) is 5.82 Å². The summed E-state index contributed by atoms with van der Waals surface area (Å²) in [5, 5.41) is 0. The summed E-state index contributed by atoms with van der Waals surface area (Å²) in [6.45, 7) is 8.24. The second-order valence-electron chi connectivity index (χ2n) is 5.28. The van der Waals surface area contributed by atoms with Gasteiger partial charge < -0.3 is 10.6 Å². The summed E-state index contributed by atoms with van der Waals surface area (Å²) in [6, 6.07) is 4.64. The lowest BCUT2D eigenvalue weighted by Crippen LogP contribution is -2.46. The van der Waals surface area contributed by atoms with E-state index in [9.17, 15) is 4.39 Å². The van der Waals surface area contributed by atoms with Crippen LogP contribution in [0.25, 0.3) is 0 Å². The molecular formula is C15H22FN3S. The fourth-order valence-corrected chi connectivity index (χ4v) is 2.86. The highest BCUT2D eigenvalue weighted by atomic mass is 32.1. The maximum Gasteiger partial charge on any atom is 0.123 e. The van der Waals surface area contributed by atoms with Gasteiger partial charge in [0, 0.05) is 38.3 Å². The molecule has 5 heteroatoms. The summed E-state index contributed by atoms with van der Waals surface area (Å²) in [7, 11) is 0. The lowest BCUT2D eigenvalue weighted by atomic mass is 10.1. The number of nitrogens with zero attached hydrogens (tertiary/aromatic N) is 2. The number of thiocarbonyl (C=S) groups is 1. The van der Waals surface area contributed by atoms with E-state index in [0.29, 0.717) is 11.5 Å². The molecule has 0 spiro atoms. The first kappa shape index (κ1) is 15.4. The van der Waals surface area contributed by atoms with E-state index in [-0.39, 0.29) is 5.82 Å². The van der Waals surface area contributed by atoms with Crippen molar-refractivity contribution in [2.45, 2.75) is 19.9 Å². The van der Waals surface area contributed by atoms with E-state index < -0.39 is 0 Å². The van der Waals surface area contributed by atoms with Gasteiger partial charge >= 0.3 is 0 Å². The van der Waals surface area contributed by atoms with Gasteiger partial charge in [0.1, 0.15) is 10.8 Å². The monoisotopic (exact) mass is 295 g/mol. The zero-order valence-electron chi connectivity index (χ0n) is 11.9. The Labute approximate surface area is 125 Å². The second-order valence-corrected chi connectivity index (χ2v) is 5.72. The molecule has 0 bridgehead atoms. The smallest absolute Gasteiger partial charge is 0.123 e. The summed E-state index contributed by atoms with van der Waals surface area (Å²) >= 11 is 5.04. The second kappa shape index (κ2) is 7.11. The Bertz CT molecular complexity index is 470. The van der Waals surface area contributed by atoms with Crippen LogP contribution in [0.3, 0.4) is 0 Å². The Morgan fingerprint density at radius 1 is 1.25 bits per heavy atom. The van der Waals surface area contributed by atoms with Crippen LogP contribution in [-0.2, 0) is 6.54 Å². The number of benzene rings is 1. The normalized spacial score (nSPS) is 17.3. The summed E-state index contributed by atoms with van der Waals surface area (Å²) < 4.78 is 13.4. The van der Waals surface area contributed by atoms with Gasteiger partial charge in [-0.3, -0.25) is 4.90 Å². The van der Waals surface area contributed by atoms with Crippen LogP contribution in [0.4, 0.5) is 4.39 Å². The van der Waals surface area contributed by atoms with Gasteiger partial charge in [-0.2, -0.15) is 0 Å². The molecule has 20 heavy (non-hydrogen) atoms. The zero-order chi connectivity index (χ0) is 14.5. The summed E-state index contributed by atoms with van der Waals surface area (Å²) in [4.78, 5) is 5.14. The van der Waals surface area contributed by atoms with Gasteiger partial charge in [0.15, 0.2) is 0 Å². The average molecular weight is 295 g/mol. The summed E-state index contributed by atoms with van der Waals surface area (Å²) in [5.41, 5.74) is 7.39. The third-order valence-corrected chi connectivity index (χ3v) is 3.95. The lowest BCUT2D eigenvalue weighted by Gasteiger charge is -2.34. The van der Waals surface area contributed by atoms with Crippen molar-refractivity contribution in [2.75, 3.05) is 32.7 Å². The molecule has 0 aliphatic carbocycles. The molecule has 1 aromatic rings. The van der Waals surface area contributed by atoms with Crippen molar-refractivity contribution in [2.24, 2.45) is 5.73 Å². The number of hydrogen-bond acceptors (Lipinski definition) is 3. The highest BCUT2D eigenvalue weighted by molar-refractivity contribution is 7.80. The molecule has 1 aliphatic rings. The van der Waals surface area contributed by atoms with E-state index in [4.69, 9.17) is 18.0 Å². The van der Waals surface area contributed by atoms with E-state index in [0.717, 1.165) is 43.9 Å². The summed E-state index contributed by atoms with van der Waals surface area (Å²) in [6.07, 6.45) is 1.19. The molecule has 0 amide bonds. The number of piperazine rings is 1. The van der Waals surface area contributed by atoms with Gasteiger partial charge in [-0.15, -0.1) is 0 Å². The molecular weight excluding hydrogens is 273 g/mol. The molecule has 1 aliphatic heterocycles. The minimum atomic E-state index is -0.232. The van der Waals surface area contributed by atoms with Crippen LogP contribution in [0.15, 0.2) is 18.2 Å². The predicted molar refractivity (Wildman–Crippen MR) is 84.3 cm³/mol. The maximum atomic E-state index is 13.4. The topological polar surface area (TPSA) is 32.5 Å². The Kier molecular flexibility index (Phi) is 5.46. The number of rotatable bonds is 5.